The van der Waals surface area contributed by atoms with Gasteiger partial charge in [-0.3, -0.25) is 9.78 Å². The van der Waals surface area contributed by atoms with Crippen molar-refractivity contribution in [2.45, 2.75) is 38.2 Å². The van der Waals surface area contributed by atoms with Crippen molar-refractivity contribution in [3.05, 3.63) is 64.2 Å². The van der Waals surface area contributed by atoms with Crippen molar-refractivity contribution in [1.29, 1.82) is 0 Å². The molecule has 1 N–H and O–H groups in total. The van der Waals surface area contributed by atoms with Gasteiger partial charge in [0.15, 0.2) is 0 Å². The molecule has 0 aliphatic carbocycles. The molecule has 1 amide bonds. The molecule has 1 aromatic carbocycles. The van der Waals surface area contributed by atoms with E-state index in [-0.39, 0.29) is 5.56 Å². The monoisotopic (exact) mass is 419 g/mol. The fraction of sp³-hybridized carbons (Fsp3) is 0.429. The van der Waals surface area contributed by atoms with E-state index in [1.165, 1.54) is 13.0 Å². The van der Waals surface area contributed by atoms with Gasteiger partial charge in [-0.1, -0.05) is 24.6 Å². The lowest BCUT2D eigenvalue weighted by Gasteiger charge is -2.36. The first-order chi connectivity index (χ1) is 17.9. The van der Waals surface area contributed by atoms with Crippen LogP contribution in [0.15, 0.2) is 36.5 Å². The van der Waals surface area contributed by atoms with Gasteiger partial charge in [0.05, 0.1) is 10.7 Å². The highest BCUT2D eigenvalue weighted by Crippen LogP contribution is 2.27. The van der Waals surface area contributed by atoms with Gasteiger partial charge in [-0.15, -0.1) is 0 Å². The molecule has 0 saturated carbocycles. The summed E-state index contributed by atoms with van der Waals surface area (Å²) in [5, 5.41) is 1.33. The zero-order valence-electron chi connectivity index (χ0n) is 26.6. The third-order valence-corrected chi connectivity index (χ3v) is 3.99. The summed E-state index contributed by atoms with van der Waals surface area (Å²) in [6.45, 7) is -11.0. The summed E-state index contributed by atoms with van der Waals surface area (Å²) in [5.74, 6) is -2.62. The number of aromatic nitrogens is 1. The molecule has 28 heavy (non-hydrogen) atoms. The number of carbonyl (C=O) groups excluding carboxylic acids is 1. The molecular formula is C21H24ClF2N3O. The number of hydrogen-bond acceptors (Lipinski definition) is 3. The molecule has 0 atom stereocenters. The van der Waals surface area contributed by atoms with Crippen molar-refractivity contribution in [3.8, 4) is 0 Å². The molecular weight excluding hydrogens is 384 g/mol. The molecule has 2 heterocycles. The number of benzene rings is 1. The molecule has 1 aromatic heterocycles. The van der Waals surface area contributed by atoms with Crippen molar-refractivity contribution in [2.24, 2.45) is 0 Å². The zero-order chi connectivity index (χ0) is 30.9. The van der Waals surface area contributed by atoms with E-state index in [0.29, 0.717) is 12.1 Å². The number of aryl methyl sites for hydroxylation is 1. The second kappa shape index (κ2) is 8.97. The van der Waals surface area contributed by atoms with Gasteiger partial charge in [-0.2, -0.15) is 0 Å². The van der Waals surface area contributed by atoms with E-state index in [4.69, 9.17) is 28.1 Å². The molecule has 1 aliphatic heterocycles. The van der Waals surface area contributed by atoms with E-state index in [2.05, 4.69) is 4.98 Å². The van der Waals surface area contributed by atoms with Gasteiger partial charge in [0.25, 0.3) is 5.91 Å². The number of amides is 1. The highest BCUT2D eigenvalue weighted by molar-refractivity contribution is 6.31. The maximum atomic E-state index is 16.6. The SMILES string of the molecule is [2H]C([2H])(C)c1ccc(C([2H])([2H])NCC2(F)C([2H])([2H])C([2H])([2H])N(C(=O)c3ccc(F)c(Cl)c3)C([2H])([2H])C2([2H])[2H])nc1. The molecule has 1 saturated heterocycles. The summed E-state index contributed by atoms with van der Waals surface area (Å²) in [4.78, 5) is 16.5. The topological polar surface area (TPSA) is 45.2 Å². The van der Waals surface area contributed by atoms with Crippen LogP contribution in [0.3, 0.4) is 0 Å². The van der Waals surface area contributed by atoms with E-state index in [0.717, 1.165) is 18.3 Å². The Bertz CT molecular complexity index is 1280. The van der Waals surface area contributed by atoms with E-state index in [9.17, 15) is 9.18 Å². The number of piperidine rings is 1. The van der Waals surface area contributed by atoms with Crippen molar-refractivity contribution in [1.82, 2.24) is 15.2 Å². The normalized spacial score (nSPS) is 30.8. The Morgan fingerprint density at radius 2 is 2.14 bits per heavy atom. The number of likely N-dealkylation sites (tertiary alicyclic amines) is 1. The maximum absolute atomic E-state index is 16.6. The average Bonchev–Trinajstić information content (AvgIpc) is 2.82. The molecule has 7 heteroatoms. The fourth-order valence-corrected chi connectivity index (χ4v) is 2.35. The van der Waals surface area contributed by atoms with Crippen molar-refractivity contribution in [2.75, 3.05) is 19.5 Å². The van der Waals surface area contributed by atoms with E-state index >= 15 is 4.39 Å². The molecule has 0 spiro atoms. The minimum Gasteiger partial charge on any atom is -0.338 e. The maximum Gasteiger partial charge on any atom is 0.253 e. The summed E-state index contributed by atoms with van der Waals surface area (Å²) in [6, 6.07) is 4.46. The van der Waals surface area contributed by atoms with Crippen LogP contribution in [0, 0.1) is 5.82 Å². The summed E-state index contributed by atoms with van der Waals surface area (Å²) < 4.78 is 128. The number of alkyl halides is 1. The van der Waals surface area contributed by atoms with Crippen LogP contribution < -0.4 is 5.32 Å². The van der Waals surface area contributed by atoms with Gasteiger partial charge in [0.2, 0.25) is 0 Å². The molecule has 0 radical (unpaired) electrons. The molecule has 1 aliphatic rings. The van der Waals surface area contributed by atoms with Crippen LogP contribution >= 0.6 is 11.6 Å². The van der Waals surface area contributed by atoms with Gasteiger partial charge in [0, 0.05) is 67.0 Å². The second-order valence-electron chi connectivity index (χ2n) is 5.70. The molecule has 0 unspecified atom stereocenters. The fourth-order valence-electron chi connectivity index (χ4n) is 2.17. The molecule has 150 valence electrons. The number of pyridine rings is 1. The van der Waals surface area contributed by atoms with Gasteiger partial charge < -0.3 is 10.2 Å². The smallest absolute Gasteiger partial charge is 0.253 e. The molecule has 1 fully saturated rings. The predicted molar refractivity (Wildman–Crippen MR) is 106 cm³/mol. The first kappa shape index (κ1) is 10.1. The molecule has 3 rings (SSSR count). The predicted octanol–water partition coefficient (Wildman–Crippen LogP) is 4.17. The summed E-state index contributed by atoms with van der Waals surface area (Å²) in [6.07, 6.45) is -8.81. The number of carbonyl (C=O) groups is 1. The first-order valence-corrected chi connectivity index (χ1v) is 8.45. The van der Waals surface area contributed by atoms with Crippen LogP contribution in [0.5, 0.6) is 0 Å². The number of hydrogen-bond donors (Lipinski definition) is 1. The van der Waals surface area contributed by atoms with Gasteiger partial charge in [-0.05, 0) is 36.2 Å². The number of nitrogens with zero attached hydrogens (tertiary/aromatic N) is 2. The highest BCUT2D eigenvalue weighted by atomic mass is 35.5. The highest BCUT2D eigenvalue weighted by Gasteiger charge is 2.35. The average molecular weight is 420 g/mol. The lowest BCUT2D eigenvalue weighted by molar-refractivity contribution is 0.0434. The molecule has 2 aromatic rings. The van der Waals surface area contributed by atoms with Crippen LogP contribution in [0.4, 0.5) is 8.78 Å². The Morgan fingerprint density at radius 1 is 1.39 bits per heavy atom. The minimum absolute atomic E-state index is 0.0857. The Hall–Kier alpha value is -2.05. The Morgan fingerprint density at radius 3 is 2.75 bits per heavy atom. The summed E-state index contributed by atoms with van der Waals surface area (Å²) in [5.41, 5.74) is -5.12. The van der Waals surface area contributed by atoms with Crippen LogP contribution in [0.25, 0.3) is 0 Å². The third-order valence-electron chi connectivity index (χ3n) is 3.70. The van der Waals surface area contributed by atoms with Gasteiger partial charge in [-0.25, -0.2) is 8.78 Å². The van der Waals surface area contributed by atoms with Crippen molar-refractivity contribution < 1.29 is 30.0 Å². The Kier molecular flexibility index (Phi) is 3.24. The standard InChI is InChI=1S/C21H24ClF2N3O/c1-2-15-3-5-17(26-12-15)13-25-14-21(24)7-9-27(10-8-21)20(28)16-4-6-19(23)18(22)11-16/h3-6,11-12,25H,2,7-10,13-14H2,1H3/i2D2,7D2,8D2,9D2,10D2,13D2. The van der Waals surface area contributed by atoms with Crippen LogP contribution in [0.2, 0.25) is 5.02 Å². The van der Waals surface area contributed by atoms with Crippen molar-refractivity contribution >= 4 is 17.5 Å². The van der Waals surface area contributed by atoms with Crippen LogP contribution in [-0.4, -0.2) is 41.0 Å². The summed E-state index contributed by atoms with van der Waals surface area (Å²) >= 11 is 5.65. The Balaban J connectivity index is 2.04. The Labute approximate surface area is 185 Å². The van der Waals surface area contributed by atoms with Crippen molar-refractivity contribution in [3.63, 3.8) is 0 Å². The first-order valence-electron chi connectivity index (χ1n) is 14.1. The number of rotatable bonds is 6. The van der Waals surface area contributed by atoms with Crippen LogP contribution in [0.1, 0.15) is 57.7 Å². The number of nitrogens with one attached hydrogen (secondary N) is 1. The van der Waals surface area contributed by atoms with Crippen LogP contribution in [-0.2, 0) is 12.9 Å². The molecule has 4 nitrogen and oxygen atoms in total. The van der Waals surface area contributed by atoms with E-state index < -0.39 is 83.7 Å². The lowest BCUT2D eigenvalue weighted by atomic mass is 9.92. The largest absolute Gasteiger partial charge is 0.338 e. The lowest BCUT2D eigenvalue weighted by Crippen LogP contribution is -2.48. The third kappa shape index (κ3) is 5.06. The van der Waals surface area contributed by atoms with E-state index in [1.807, 2.05) is 5.32 Å². The molecule has 0 bridgehead atoms. The van der Waals surface area contributed by atoms with E-state index in [1.54, 1.807) is 0 Å². The second-order valence-corrected chi connectivity index (χ2v) is 6.11. The minimum atomic E-state index is -4.14. The summed E-state index contributed by atoms with van der Waals surface area (Å²) in [7, 11) is 0. The number of halogens is 3. The van der Waals surface area contributed by atoms with Gasteiger partial charge in [0.1, 0.15) is 11.5 Å². The van der Waals surface area contributed by atoms with Gasteiger partial charge >= 0.3 is 0 Å². The zero-order valence-corrected chi connectivity index (χ0v) is 15.4. The quantitative estimate of drug-likeness (QED) is 0.764.